The van der Waals surface area contributed by atoms with E-state index in [2.05, 4.69) is 58.7 Å². The molecule has 0 spiro atoms. The van der Waals surface area contributed by atoms with Gasteiger partial charge in [-0.05, 0) is 35.7 Å². The Bertz CT molecular complexity index is 895. The molecule has 1 heterocycles. The zero-order valence-corrected chi connectivity index (χ0v) is 16.0. The van der Waals surface area contributed by atoms with Gasteiger partial charge in [0.1, 0.15) is 29.5 Å². The second kappa shape index (κ2) is 8.40. The van der Waals surface area contributed by atoms with Gasteiger partial charge in [-0.2, -0.15) is 0 Å². The molecule has 6 nitrogen and oxygen atoms in total. The smallest absolute Gasteiger partial charge is 0.142 e. The molecule has 0 amide bonds. The van der Waals surface area contributed by atoms with Gasteiger partial charge in [-0.25, -0.2) is 9.97 Å². The summed E-state index contributed by atoms with van der Waals surface area (Å²) in [6.45, 7) is 4.36. The van der Waals surface area contributed by atoms with Crippen molar-refractivity contribution in [3.05, 3.63) is 60.4 Å². The third-order valence-corrected chi connectivity index (χ3v) is 4.19. The van der Waals surface area contributed by atoms with Crippen molar-refractivity contribution >= 4 is 23.0 Å². The van der Waals surface area contributed by atoms with Crippen molar-refractivity contribution in [2.75, 3.05) is 24.9 Å². The highest BCUT2D eigenvalue weighted by Gasteiger charge is 2.07. The van der Waals surface area contributed by atoms with Crippen LogP contribution in [0.1, 0.15) is 25.3 Å². The summed E-state index contributed by atoms with van der Waals surface area (Å²) in [5, 5.41) is 6.55. The van der Waals surface area contributed by atoms with E-state index in [1.165, 1.54) is 11.9 Å². The minimum Gasteiger partial charge on any atom is -0.497 e. The van der Waals surface area contributed by atoms with Crippen molar-refractivity contribution in [2.24, 2.45) is 0 Å². The number of hydrogen-bond acceptors (Lipinski definition) is 6. The van der Waals surface area contributed by atoms with Crippen LogP contribution < -0.4 is 20.1 Å². The fourth-order valence-corrected chi connectivity index (χ4v) is 2.64. The highest BCUT2D eigenvalue weighted by atomic mass is 16.5. The van der Waals surface area contributed by atoms with Crippen molar-refractivity contribution in [1.29, 1.82) is 0 Å². The van der Waals surface area contributed by atoms with Gasteiger partial charge in [0, 0.05) is 17.8 Å². The average Bonchev–Trinajstić information content (AvgIpc) is 2.68. The molecule has 0 radical (unpaired) electrons. The molecule has 0 aliphatic heterocycles. The van der Waals surface area contributed by atoms with Gasteiger partial charge in [-0.1, -0.05) is 26.0 Å². The number of methoxy groups -OCH3 is 2. The van der Waals surface area contributed by atoms with Crippen LogP contribution in [-0.4, -0.2) is 24.2 Å². The molecule has 1 aromatic heterocycles. The molecule has 140 valence electrons. The van der Waals surface area contributed by atoms with E-state index in [0.29, 0.717) is 23.3 Å². The molecule has 27 heavy (non-hydrogen) atoms. The van der Waals surface area contributed by atoms with Crippen LogP contribution in [0.3, 0.4) is 0 Å². The molecular formula is C21H24N4O2. The predicted molar refractivity (Wildman–Crippen MR) is 109 cm³/mol. The summed E-state index contributed by atoms with van der Waals surface area (Å²) in [5.41, 5.74) is 3.04. The quantitative estimate of drug-likeness (QED) is 0.607. The third kappa shape index (κ3) is 4.67. The Morgan fingerprint density at radius 3 is 2.15 bits per heavy atom. The van der Waals surface area contributed by atoms with Gasteiger partial charge in [-0.15, -0.1) is 0 Å². The maximum Gasteiger partial charge on any atom is 0.142 e. The lowest BCUT2D eigenvalue weighted by Crippen LogP contribution is -2.00. The summed E-state index contributed by atoms with van der Waals surface area (Å²) in [5.74, 6) is 3.29. The molecule has 0 saturated heterocycles. The summed E-state index contributed by atoms with van der Waals surface area (Å²) in [7, 11) is 3.25. The Kier molecular flexibility index (Phi) is 5.76. The Morgan fingerprint density at radius 2 is 1.52 bits per heavy atom. The molecule has 0 bridgehead atoms. The topological polar surface area (TPSA) is 68.3 Å². The number of ether oxygens (including phenoxy) is 2. The molecule has 2 N–H and O–H groups in total. The lowest BCUT2D eigenvalue weighted by atomic mass is 10.0. The number of nitrogens with one attached hydrogen (secondary N) is 2. The maximum absolute atomic E-state index is 5.40. The van der Waals surface area contributed by atoms with Gasteiger partial charge in [0.25, 0.3) is 0 Å². The summed E-state index contributed by atoms with van der Waals surface area (Å²) in [6.07, 6.45) is 1.51. The first-order valence-corrected chi connectivity index (χ1v) is 8.77. The summed E-state index contributed by atoms with van der Waals surface area (Å²) in [4.78, 5) is 8.58. The average molecular weight is 364 g/mol. The SMILES string of the molecule is COc1ccc(OC)c(Nc2cc(Nc3ccc(C(C)C)cc3)ncn2)c1. The van der Waals surface area contributed by atoms with Crippen LogP contribution in [0, 0.1) is 0 Å². The molecule has 0 fully saturated rings. The Morgan fingerprint density at radius 1 is 0.815 bits per heavy atom. The first kappa shape index (κ1) is 18.5. The van der Waals surface area contributed by atoms with Crippen molar-refractivity contribution in [3.8, 4) is 11.5 Å². The van der Waals surface area contributed by atoms with Gasteiger partial charge in [0.2, 0.25) is 0 Å². The number of aromatic nitrogens is 2. The van der Waals surface area contributed by atoms with Crippen LogP contribution in [0.2, 0.25) is 0 Å². The predicted octanol–water partition coefficient (Wildman–Crippen LogP) is 5.10. The van der Waals surface area contributed by atoms with E-state index in [1.807, 2.05) is 24.3 Å². The number of rotatable bonds is 7. The monoisotopic (exact) mass is 364 g/mol. The van der Waals surface area contributed by atoms with E-state index in [9.17, 15) is 0 Å². The van der Waals surface area contributed by atoms with Crippen molar-refractivity contribution in [2.45, 2.75) is 19.8 Å². The van der Waals surface area contributed by atoms with Gasteiger partial charge in [-0.3, -0.25) is 0 Å². The second-order valence-electron chi connectivity index (χ2n) is 6.38. The van der Waals surface area contributed by atoms with Crippen molar-refractivity contribution in [3.63, 3.8) is 0 Å². The summed E-state index contributed by atoms with van der Waals surface area (Å²) in [6, 6.07) is 15.7. The fraction of sp³-hybridized carbons (Fsp3) is 0.238. The number of hydrogen-bond donors (Lipinski definition) is 2. The van der Waals surface area contributed by atoms with Gasteiger partial charge in [0.15, 0.2) is 0 Å². The normalized spacial score (nSPS) is 10.6. The minimum absolute atomic E-state index is 0.506. The zero-order valence-electron chi connectivity index (χ0n) is 16.0. The van der Waals surface area contributed by atoms with E-state index in [-0.39, 0.29) is 0 Å². The van der Waals surface area contributed by atoms with E-state index in [1.54, 1.807) is 14.2 Å². The van der Waals surface area contributed by atoms with Gasteiger partial charge < -0.3 is 20.1 Å². The highest BCUT2D eigenvalue weighted by Crippen LogP contribution is 2.31. The Hall–Kier alpha value is -3.28. The molecular weight excluding hydrogens is 340 g/mol. The molecule has 0 aliphatic rings. The molecule has 2 aromatic carbocycles. The second-order valence-corrected chi connectivity index (χ2v) is 6.38. The summed E-state index contributed by atoms with van der Waals surface area (Å²) < 4.78 is 10.7. The Balaban J connectivity index is 1.78. The van der Waals surface area contributed by atoms with E-state index >= 15 is 0 Å². The number of nitrogens with zero attached hydrogens (tertiary/aromatic N) is 2. The summed E-state index contributed by atoms with van der Waals surface area (Å²) >= 11 is 0. The van der Waals surface area contributed by atoms with Crippen LogP contribution in [0.5, 0.6) is 11.5 Å². The first-order valence-electron chi connectivity index (χ1n) is 8.77. The van der Waals surface area contributed by atoms with Gasteiger partial charge >= 0.3 is 0 Å². The van der Waals surface area contributed by atoms with Gasteiger partial charge in [0.05, 0.1) is 19.9 Å². The van der Waals surface area contributed by atoms with E-state index in [0.717, 1.165) is 17.1 Å². The number of anilines is 4. The van der Waals surface area contributed by atoms with E-state index < -0.39 is 0 Å². The first-order chi connectivity index (χ1) is 13.1. The van der Waals surface area contributed by atoms with Crippen LogP contribution in [-0.2, 0) is 0 Å². The Labute approximate surface area is 159 Å². The van der Waals surface area contributed by atoms with E-state index in [4.69, 9.17) is 9.47 Å². The molecule has 0 unspecified atom stereocenters. The van der Waals surface area contributed by atoms with Crippen molar-refractivity contribution < 1.29 is 9.47 Å². The third-order valence-electron chi connectivity index (χ3n) is 4.19. The molecule has 0 aliphatic carbocycles. The van der Waals surface area contributed by atoms with Crippen LogP contribution in [0.15, 0.2) is 54.9 Å². The lowest BCUT2D eigenvalue weighted by Gasteiger charge is -2.13. The molecule has 6 heteroatoms. The van der Waals surface area contributed by atoms with Crippen molar-refractivity contribution in [1.82, 2.24) is 9.97 Å². The fourth-order valence-electron chi connectivity index (χ4n) is 2.64. The molecule has 0 saturated carbocycles. The largest absolute Gasteiger partial charge is 0.497 e. The standard InChI is InChI=1S/C21H24N4O2/c1-14(2)15-5-7-16(8-6-15)24-20-12-21(23-13-22-20)25-18-11-17(26-3)9-10-19(18)27-4/h5-14H,1-4H3,(H2,22,23,24,25). The number of benzene rings is 2. The van der Waals surface area contributed by atoms with Crippen LogP contribution in [0.25, 0.3) is 0 Å². The zero-order chi connectivity index (χ0) is 19.2. The molecule has 3 aromatic rings. The van der Waals surface area contributed by atoms with Crippen LogP contribution in [0.4, 0.5) is 23.0 Å². The maximum atomic E-state index is 5.40. The van der Waals surface area contributed by atoms with Crippen LogP contribution >= 0.6 is 0 Å². The lowest BCUT2D eigenvalue weighted by molar-refractivity contribution is 0.405. The highest BCUT2D eigenvalue weighted by molar-refractivity contribution is 5.68. The molecule has 3 rings (SSSR count). The minimum atomic E-state index is 0.506. The molecule has 0 atom stereocenters.